The van der Waals surface area contributed by atoms with Gasteiger partial charge < -0.3 is 0 Å². The first-order valence-corrected chi connectivity index (χ1v) is 5.82. The van der Waals surface area contributed by atoms with Gasteiger partial charge in [-0.15, -0.1) is 0 Å². The molecule has 1 aliphatic carbocycles. The molecule has 0 radical (unpaired) electrons. The van der Waals surface area contributed by atoms with Crippen molar-refractivity contribution in [2.75, 3.05) is 0 Å². The van der Waals surface area contributed by atoms with Crippen molar-refractivity contribution >= 4 is 0 Å². The van der Waals surface area contributed by atoms with E-state index in [1.807, 2.05) is 6.92 Å². The highest BCUT2D eigenvalue weighted by Crippen LogP contribution is 2.33. The van der Waals surface area contributed by atoms with Gasteiger partial charge in [-0.25, -0.2) is 4.39 Å². The largest absolute Gasteiger partial charge is 0.207 e. The first kappa shape index (κ1) is 12.2. The first-order valence-electron chi connectivity index (χ1n) is 5.82. The molecule has 1 rings (SSSR count). The van der Waals surface area contributed by atoms with E-state index in [1.54, 1.807) is 12.2 Å². The molecule has 0 amide bonds. The van der Waals surface area contributed by atoms with Gasteiger partial charge in [-0.3, -0.25) is 0 Å². The maximum Gasteiger partial charge on any atom is 0.123 e. The first-order chi connectivity index (χ1) is 7.13. The molecular weight excluding hydrogens is 187 g/mol. The molecule has 0 aromatic carbocycles. The van der Waals surface area contributed by atoms with E-state index in [0.717, 1.165) is 11.5 Å². The number of halogens is 1. The molecule has 0 N–H and O–H groups in total. The van der Waals surface area contributed by atoms with Gasteiger partial charge in [-0.05, 0) is 49.3 Å². The van der Waals surface area contributed by atoms with Gasteiger partial charge in [0.05, 0.1) is 0 Å². The molecule has 1 aliphatic rings. The van der Waals surface area contributed by atoms with Gasteiger partial charge in [0, 0.05) is 0 Å². The summed E-state index contributed by atoms with van der Waals surface area (Å²) in [4.78, 5) is 0. The predicted octanol–water partition coefficient (Wildman–Crippen LogP) is 4.80. The van der Waals surface area contributed by atoms with Crippen LogP contribution in [0.2, 0.25) is 0 Å². The SMILES string of the molecule is C=C(/C=C(F)\C=C/C)C1CCC(C)CC1. The van der Waals surface area contributed by atoms with Gasteiger partial charge in [0.1, 0.15) is 5.83 Å². The van der Waals surface area contributed by atoms with Gasteiger partial charge >= 0.3 is 0 Å². The summed E-state index contributed by atoms with van der Waals surface area (Å²) in [6, 6.07) is 0. The van der Waals surface area contributed by atoms with Crippen molar-refractivity contribution in [1.29, 1.82) is 0 Å². The molecule has 0 aliphatic heterocycles. The summed E-state index contributed by atoms with van der Waals surface area (Å²) in [5.74, 6) is 1.15. The van der Waals surface area contributed by atoms with Gasteiger partial charge in [0.15, 0.2) is 0 Å². The van der Waals surface area contributed by atoms with Gasteiger partial charge in [-0.1, -0.05) is 32.4 Å². The van der Waals surface area contributed by atoms with Gasteiger partial charge in [0.25, 0.3) is 0 Å². The highest BCUT2D eigenvalue weighted by atomic mass is 19.1. The van der Waals surface area contributed by atoms with Crippen molar-refractivity contribution < 1.29 is 4.39 Å². The third kappa shape index (κ3) is 4.03. The van der Waals surface area contributed by atoms with Crippen molar-refractivity contribution in [3.8, 4) is 0 Å². The number of hydrogen-bond donors (Lipinski definition) is 0. The van der Waals surface area contributed by atoms with Crippen LogP contribution in [0.5, 0.6) is 0 Å². The molecule has 0 unspecified atom stereocenters. The summed E-state index contributed by atoms with van der Waals surface area (Å²) < 4.78 is 13.2. The molecule has 0 aromatic heterocycles. The number of allylic oxidation sites excluding steroid dienone is 5. The van der Waals surface area contributed by atoms with E-state index >= 15 is 0 Å². The van der Waals surface area contributed by atoms with Crippen LogP contribution in [0.3, 0.4) is 0 Å². The quantitative estimate of drug-likeness (QED) is 0.584. The van der Waals surface area contributed by atoms with Crippen LogP contribution >= 0.6 is 0 Å². The Kier molecular flexibility index (Phi) is 4.80. The molecule has 0 saturated heterocycles. The minimum atomic E-state index is -0.180. The Labute approximate surface area is 92.6 Å². The molecule has 0 nitrogen and oxygen atoms in total. The number of rotatable bonds is 3. The van der Waals surface area contributed by atoms with Gasteiger partial charge in [-0.2, -0.15) is 0 Å². The predicted molar refractivity (Wildman–Crippen MR) is 64.3 cm³/mol. The highest BCUT2D eigenvalue weighted by molar-refractivity contribution is 5.25. The summed E-state index contributed by atoms with van der Waals surface area (Å²) in [6.45, 7) is 8.08. The minimum Gasteiger partial charge on any atom is -0.207 e. The van der Waals surface area contributed by atoms with E-state index < -0.39 is 0 Å². The zero-order valence-electron chi connectivity index (χ0n) is 9.80. The van der Waals surface area contributed by atoms with E-state index in [4.69, 9.17) is 0 Å². The van der Waals surface area contributed by atoms with E-state index in [0.29, 0.717) is 5.92 Å². The molecule has 15 heavy (non-hydrogen) atoms. The van der Waals surface area contributed by atoms with E-state index in [9.17, 15) is 4.39 Å². The molecule has 1 saturated carbocycles. The Hall–Kier alpha value is -0.850. The topological polar surface area (TPSA) is 0 Å². The lowest BCUT2D eigenvalue weighted by molar-refractivity contribution is 0.323. The smallest absolute Gasteiger partial charge is 0.123 e. The zero-order valence-corrected chi connectivity index (χ0v) is 9.80. The second-order valence-electron chi connectivity index (χ2n) is 4.56. The van der Waals surface area contributed by atoms with Crippen LogP contribution in [0.1, 0.15) is 39.5 Å². The molecular formula is C14H21F. The Bertz CT molecular complexity index is 265. The zero-order chi connectivity index (χ0) is 11.3. The Morgan fingerprint density at radius 1 is 1.27 bits per heavy atom. The summed E-state index contributed by atoms with van der Waals surface area (Å²) in [6.07, 6.45) is 9.62. The monoisotopic (exact) mass is 208 g/mol. The molecule has 0 heterocycles. The summed E-state index contributed by atoms with van der Waals surface area (Å²) >= 11 is 0. The average Bonchev–Trinajstić information content (AvgIpc) is 2.18. The Morgan fingerprint density at radius 3 is 2.40 bits per heavy atom. The van der Waals surface area contributed by atoms with Crippen LogP contribution in [0.25, 0.3) is 0 Å². The molecule has 1 fully saturated rings. The second kappa shape index (κ2) is 5.89. The molecule has 0 aromatic rings. The molecule has 0 bridgehead atoms. The number of hydrogen-bond acceptors (Lipinski definition) is 0. The maximum atomic E-state index is 13.2. The van der Waals surface area contributed by atoms with Gasteiger partial charge in [0.2, 0.25) is 0 Å². The van der Waals surface area contributed by atoms with E-state index in [-0.39, 0.29) is 5.83 Å². The second-order valence-corrected chi connectivity index (χ2v) is 4.56. The lowest BCUT2D eigenvalue weighted by atomic mass is 9.79. The fourth-order valence-corrected chi connectivity index (χ4v) is 2.13. The van der Waals surface area contributed by atoms with Crippen LogP contribution in [0, 0.1) is 11.8 Å². The fraction of sp³-hybridized carbons (Fsp3) is 0.571. The van der Waals surface area contributed by atoms with Crippen LogP contribution in [0.4, 0.5) is 4.39 Å². The normalized spacial score (nSPS) is 28.3. The summed E-state index contributed by atoms with van der Waals surface area (Å²) in [5, 5.41) is 0. The summed E-state index contributed by atoms with van der Waals surface area (Å²) in [7, 11) is 0. The Morgan fingerprint density at radius 2 is 1.87 bits per heavy atom. The lowest BCUT2D eigenvalue weighted by Gasteiger charge is -2.26. The Balaban J connectivity index is 2.50. The van der Waals surface area contributed by atoms with E-state index in [2.05, 4.69) is 13.5 Å². The maximum absolute atomic E-state index is 13.2. The van der Waals surface area contributed by atoms with Crippen LogP contribution < -0.4 is 0 Å². The molecule has 0 spiro atoms. The molecule has 1 heteroatoms. The minimum absolute atomic E-state index is 0.180. The third-order valence-electron chi connectivity index (χ3n) is 3.19. The van der Waals surface area contributed by atoms with Crippen molar-refractivity contribution in [2.24, 2.45) is 11.8 Å². The van der Waals surface area contributed by atoms with Crippen molar-refractivity contribution in [1.82, 2.24) is 0 Å². The lowest BCUT2D eigenvalue weighted by Crippen LogP contribution is -2.13. The molecule has 0 atom stereocenters. The van der Waals surface area contributed by atoms with Crippen LogP contribution in [-0.4, -0.2) is 0 Å². The standard InChI is InChI=1S/C14H21F/c1-4-5-14(15)10-12(3)13-8-6-11(2)7-9-13/h4-5,10-11,13H,3,6-9H2,1-2H3/b5-4-,14-10+. The van der Waals surface area contributed by atoms with Crippen molar-refractivity contribution in [3.05, 3.63) is 36.2 Å². The van der Waals surface area contributed by atoms with Crippen molar-refractivity contribution in [2.45, 2.75) is 39.5 Å². The third-order valence-corrected chi connectivity index (χ3v) is 3.19. The van der Waals surface area contributed by atoms with Crippen molar-refractivity contribution in [3.63, 3.8) is 0 Å². The van der Waals surface area contributed by atoms with Crippen LogP contribution in [-0.2, 0) is 0 Å². The van der Waals surface area contributed by atoms with E-state index in [1.165, 1.54) is 31.8 Å². The average molecular weight is 208 g/mol. The van der Waals surface area contributed by atoms with Crippen LogP contribution in [0.15, 0.2) is 36.2 Å². The molecule has 84 valence electrons. The fourth-order valence-electron chi connectivity index (χ4n) is 2.13. The summed E-state index contributed by atoms with van der Waals surface area (Å²) in [5.41, 5.74) is 0.956. The highest BCUT2D eigenvalue weighted by Gasteiger charge is 2.19.